The van der Waals surface area contributed by atoms with Crippen LogP contribution in [-0.2, 0) is 4.74 Å². The van der Waals surface area contributed by atoms with E-state index < -0.39 is 12.2 Å². The molecule has 1 fully saturated rings. The monoisotopic (exact) mass is 160 g/mol. The van der Waals surface area contributed by atoms with Gasteiger partial charge in [0.05, 0.1) is 12.7 Å². The van der Waals surface area contributed by atoms with E-state index in [1.54, 1.807) is 0 Å². The van der Waals surface area contributed by atoms with E-state index in [2.05, 4.69) is 0 Å². The molecule has 1 heterocycles. The number of rotatable bonds is 0. The molecule has 3 atom stereocenters. The molecular weight excluding hydrogens is 144 g/mol. The van der Waals surface area contributed by atoms with E-state index in [1.807, 2.05) is 20.8 Å². The Hall–Kier alpha value is -0.120. The largest absolute Gasteiger partial charge is 0.388 e. The van der Waals surface area contributed by atoms with Gasteiger partial charge in [0.15, 0.2) is 0 Å². The van der Waals surface area contributed by atoms with Crippen molar-refractivity contribution in [1.82, 2.24) is 0 Å². The quantitative estimate of drug-likeness (QED) is 0.530. The second kappa shape index (κ2) is 2.73. The van der Waals surface area contributed by atoms with Gasteiger partial charge in [0.25, 0.3) is 0 Å². The summed E-state index contributed by atoms with van der Waals surface area (Å²) in [6.07, 6.45) is -1.67. The Kier molecular flexibility index (Phi) is 2.23. The van der Waals surface area contributed by atoms with Gasteiger partial charge in [-0.1, -0.05) is 20.8 Å². The maximum absolute atomic E-state index is 9.42. The topological polar surface area (TPSA) is 49.7 Å². The summed E-state index contributed by atoms with van der Waals surface area (Å²) in [5.74, 6) is 0. The molecule has 11 heavy (non-hydrogen) atoms. The highest BCUT2D eigenvalue weighted by atomic mass is 16.5. The van der Waals surface area contributed by atoms with Crippen molar-refractivity contribution in [3.63, 3.8) is 0 Å². The van der Waals surface area contributed by atoms with E-state index in [-0.39, 0.29) is 18.1 Å². The molecule has 66 valence electrons. The van der Waals surface area contributed by atoms with E-state index in [0.717, 1.165) is 0 Å². The van der Waals surface area contributed by atoms with Crippen molar-refractivity contribution in [1.29, 1.82) is 0 Å². The van der Waals surface area contributed by atoms with Gasteiger partial charge >= 0.3 is 0 Å². The fourth-order valence-electron chi connectivity index (χ4n) is 1.36. The molecule has 0 saturated carbocycles. The van der Waals surface area contributed by atoms with Crippen LogP contribution in [0.2, 0.25) is 0 Å². The first kappa shape index (κ1) is 8.97. The average Bonchev–Trinajstić information content (AvgIpc) is 2.11. The molecule has 0 aliphatic carbocycles. The van der Waals surface area contributed by atoms with Crippen LogP contribution in [0.3, 0.4) is 0 Å². The molecule has 0 aromatic heterocycles. The Bertz CT molecular complexity index is 139. The maximum Gasteiger partial charge on any atom is 0.109 e. The summed E-state index contributed by atoms with van der Waals surface area (Å²) in [7, 11) is 0. The Morgan fingerprint density at radius 3 is 2.00 bits per heavy atom. The Morgan fingerprint density at radius 2 is 1.82 bits per heavy atom. The smallest absolute Gasteiger partial charge is 0.109 e. The van der Waals surface area contributed by atoms with Crippen molar-refractivity contribution in [2.24, 2.45) is 5.41 Å². The summed E-state index contributed by atoms with van der Waals surface area (Å²) in [6.45, 7) is 6.21. The van der Waals surface area contributed by atoms with Gasteiger partial charge in [-0.15, -0.1) is 0 Å². The van der Waals surface area contributed by atoms with E-state index in [9.17, 15) is 5.11 Å². The van der Waals surface area contributed by atoms with Gasteiger partial charge in [-0.2, -0.15) is 0 Å². The van der Waals surface area contributed by atoms with Gasteiger partial charge in [-0.25, -0.2) is 0 Å². The van der Waals surface area contributed by atoms with Gasteiger partial charge in [0.1, 0.15) is 12.2 Å². The van der Waals surface area contributed by atoms with Gasteiger partial charge in [0, 0.05) is 0 Å². The van der Waals surface area contributed by atoms with Crippen molar-refractivity contribution in [3.05, 3.63) is 0 Å². The van der Waals surface area contributed by atoms with Crippen LogP contribution >= 0.6 is 0 Å². The summed E-state index contributed by atoms with van der Waals surface area (Å²) in [4.78, 5) is 0. The van der Waals surface area contributed by atoms with Gasteiger partial charge < -0.3 is 14.9 Å². The minimum atomic E-state index is -0.727. The predicted molar refractivity (Wildman–Crippen MR) is 41.2 cm³/mol. The lowest BCUT2D eigenvalue weighted by molar-refractivity contribution is -0.0344. The zero-order valence-corrected chi connectivity index (χ0v) is 7.24. The molecule has 0 aromatic carbocycles. The van der Waals surface area contributed by atoms with Crippen molar-refractivity contribution in [2.45, 2.75) is 39.1 Å². The van der Waals surface area contributed by atoms with Crippen LogP contribution in [0.5, 0.6) is 0 Å². The molecular formula is C8H16O3. The fraction of sp³-hybridized carbons (Fsp3) is 1.00. The number of aliphatic hydroxyl groups excluding tert-OH is 2. The van der Waals surface area contributed by atoms with Gasteiger partial charge in [0.2, 0.25) is 0 Å². The summed E-state index contributed by atoms with van der Waals surface area (Å²) in [5.41, 5.74) is -0.100. The average molecular weight is 160 g/mol. The molecule has 0 bridgehead atoms. The lowest BCUT2D eigenvalue weighted by Gasteiger charge is -2.28. The summed E-state index contributed by atoms with van der Waals surface area (Å²) in [5, 5.41) is 18.6. The summed E-state index contributed by atoms with van der Waals surface area (Å²) >= 11 is 0. The SMILES string of the molecule is CC(C)(C)C1OC[C@@H](O)C1O. The summed E-state index contributed by atoms with van der Waals surface area (Å²) in [6, 6.07) is 0. The zero-order valence-electron chi connectivity index (χ0n) is 7.24. The van der Waals surface area contributed by atoms with Crippen molar-refractivity contribution in [2.75, 3.05) is 6.61 Å². The number of hydrogen-bond donors (Lipinski definition) is 2. The molecule has 1 aliphatic rings. The van der Waals surface area contributed by atoms with Crippen molar-refractivity contribution >= 4 is 0 Å². The van der Waals surface area contributed by atoms with Crippen molar-refractivity contribution < 1.29 is 14.9 Å². The highest BCUT2D eigenvalue weighted by Gasteiger charge is 2.41. The molecule has 1 rings (SSSR count). The molecule has 2 N–H and O–H groups in total. The number of aliphatic hydroxyl groups is 2. The molecule has 0 aromatic rings. The maximum atomic E-state index is 9.42. The highest BCUT2D eigenvalue weighted by Crippen LogP contribution is 2.30. The van der Waals surface area contributed by atoms with Gasteiger partial charge in [-0.05, 0) is 5.41 Å². The normalized spacial score (nSPS) is 39.5. The molecule has 1 aliphatic heterocycles. The Labute approximate surface area is 67.0 Å². The Morgan fingerprint density at radius 1 is 1.27 bits per heavy atom. The first-order valence-electron chi connectivity index (χ1n) is 3.90. The first-order chi connectivity index (χ1) is 4.93. The van der Waals surface area contributed by atoms with Crippen LogP contribution in [0.4, 0.5) is 0 Å². The summed E-state index contributed by atoms with van der Waals surface area (Å²) < 4.78 is 5.24. The second-order valence-electron chi connectivity index (χ2n) is 4.18. The molecule has 0 spiro atoms. The van der Waals surface area contributed by atoms with Crippen LogP contribution < -0.4 is 0 Å². The van der Waals surface area contributed by atoms with E-state index in [4.69, 9.17) is 9.84 Å². The molecule has 0 amide bonds. The minimum Gasteiger partial charge on any atom is -0.388 e. The fourth-order valence-corrected chi connectivity index (χ4v) is 1.36. The first-order valence-corrected chi connectivity index (χ1v) is 3.90. The third-order valence-corrected chi connectivity index (χ3v) is 2.00. The minimum absolute atomic E-state index is 0.100. The number of ether oxygens (including phenoxy) is 1. The van der Waals surface area contributed by atoms with Crippen LogP contribution in [0, 0.1) is 5.41 Å². The molecule has 0 radical (unpaired) electrons. The number of hydrogen-bond acceptors (Lipinski definition) is 3. The third kappa shape index (κ3) is 1.72. The lowest BCUT2D eigenvalue weighted by Crippen LogP contribution is -2.38. The van der Waals surface area contributed by atoms with E-state index in [0.29, 0.717) is 0 Å². The van der Waals surface area contributed by atoms with Crippen molar-refractivity contribution in [3.8, 4) is 0 Å². The third-order valence-electron chi connectivity index (χ3n) is 2.00. The molecule has 3 nitrogen and oxygen atoms in total. The highest BCUT2D eigenvalue weighted by molar-refractivity contribution is 4.90. The van der Waals surface area contributed by atoms with Crippen LogP contribution in [0.1, 0.15) is 20.8 Å². The van der Waals surface area contributed by atoms with Crippen LogP contribution in [0.15, 0.2) is 0 Å². The van der Waals surface area contributed by atoms with Crippen LogP contribution in [0.25, 0.3) is 0 Å². The Balaban J connectivity index is 2.62. The second-order valence-corrected chi connectivity index (χ2v) is 4.18. The molecule has 2 unspecified atom stereocenters. The predicted octanol–water partition coefficient (Wildman–Crippen LogP) is 0.153. The van der Waals surface area contributed by atoms with E-state index in [1.165, 1.54) is 0 Å². The lowest BCUT2D eigenvalue weighted by atomic mass is 9.85. The molecule has 1 saturated heterocycles. The van der Waals surface area contributed by atoms with E-state index >= 15 is 0 Å². The standard InChI is InChI=1S/C8H16O3/c1-8(2,3)7-6(10)5(9)4-11-7/h5-7,9-10H,4H2,1-3H3/t5-,6?,7?/m1/s1. The van der Waals surface area contributed by atoms with Gasteiger partial charge in [-0.3, -0.25) is 0 Å². The van der Waals surface area contributed by atoms with Crippen LogP contribution in [-0.4, -0.2) is 35.1 Å². The zero-order chi connectivity index (χ0) is 8.65. The molecule has 3 heteroatoms.